The molecule has 1 aliphatic heterocycles. The van der Waals surface area contributed by atoms with Crippen molar-refractivity contribution in [2.24, 2.45) is 0 Å². The zero-order valence-corrected chi connectivity index (χ0v) is 14.3. The SMILES string of the molecule is O=C(CSCc1ccccc1Cl)N1CCC(c2ncn[nH]2)CC1. The zero-order valence-electron chi connectivity index (χ0n) is 12.7. The molecule has 0 saturated carbocycles. The van der Waals surface area contributed by atoms with Crippen LogP contribution in [-0.4, -0.2) is 44.8 Å². The van der Waals surface area contributed by atoms with Gasteiger partial charge in [-0.05, 0) is 24.5 Å². The molecule has 7 heteroatoms. The molecule has 3 rings (SSSR count). The Labute approximate surface area is 144 Å². The molecule has 1 fully saturated rings. The van der Waals surface area contributed by atoms with E-state index < -0.39 is 0 Å². The van der Waals surface area contributed by atoms with Gasteiger partial charge in [0.2, 0.25) is 5.91 Å². The summed E-state index contributed by atoms with van der Waals surface area (Å²) >= 11 is 7.75. The van der Waals surface area contributed by atoms with Crippen molar-refractivity contribution < 1.29 is 4.79 Å². The summed E-state index contributed by atoms with van der Waals surface area (Å²) in [6, 6.07) is 7.77. The summed E-state index contributed by atoms with van der Waals surface area (Å²) in [5.41, 5.74) is 1.08. The Bertz CT molecular complexity index is 641. The van der Waals surface area contributed by atoms with Gasteiger partial charge in [0.1, 0.15) is 12.2 Å². The molecule has 1 amide bonds. The Morgan fingerprint density at radius 3 is 2.83 bits per heavy atom. The summed E-state index contributed by atoms with van der Waals surface area (Å²) < 4.78 is 0. The number of rotatable bonds is 5. The van der Waals surface area contributed by atoms with Crippen molar-refractivity contribution in [2.75, 3.05) is 18.8 Å². The van der Waals surface area contributed by atoms with Crippen molar-refractivity contribution in [2.45, 2.75) is 24.5 Å². The Morgan fingerprint density at radius 2 is 2.13 bits per heavy atom. The normalized spacial score (nSPS) is 15.8. The topological polar surface area (TPSA) is 61.9 Å². The minimum Gasteiger partial charge on any atom is -0.342 e. The molecule has 1 saturated heterocycles. The molecule has 5 nitrogen and oxygen atoms in total. The average molecular weight is 351 g/mol. The van der Waals surface area contributed by atoms with E-state index in [9.17, 15) is 4.79 Å². The summed E-state index contributed by atoms with van der Waals surface area (Å²) in [5.74, 6) is 2.79. The van der Waals surface area contributed by atoms with E-state index in [0.29, 0.717) is 11.7 Å². The number of likely N-dealkylation sites (tertiary alicyclic amines) is 1. The van der Waals surface area contributed by atoms with Gasteiger partial charge in [0.15, 0.2) is 0 Å². The lowest BCUT2D eigenvalue weighted by molar-refractivity contribution is -0.129. The number of thioether (sulfide) groups is 1. The minimum atomic E-state index is 0.207. The second-order valence-electron chi connectivity index (χ2n) is 5.61. The van der Waals surface area contributed by atoms with E-state index >= 15 is 0 Å². The first-order valence-corrected chi connectivity index (χ1v) is 9.21. The predicted octanol–water partition coefficient (Wildman–Crippen LogP) is 3.10. The molecule has 2 heterocycles. The van der Waals surface area contributed by atoms with Crippen LogP contribution >= 0.6 is 23.4 Å². The zero-order chi connectivity index (χ0) is 16.1. The number of H-pyrrole nitrogens is 1. The highest BCUT2D eigenvalue weighted by atomic mass is 35.5. The van der Waals surface area contributed by atoms with E-state index in [1.165, 1.54) is 6.33 Å². The molecule has 23 heavy (non-hydrogen) atoms. The fraction of sp³-hybridized carbons (Fsp3) is 0.438. The van der Waals surface area contributed by atoms with Crippen molar-refractivity contribution >= 4 is 29.3 Å². The van der Waals surface area contributed by atoms with Crippen LogP contribution in [0.15, 0.2) is 30.6 Å². The first-order chi connectivity index (χ1) is 11.2. The van der Waals surface area contributed by atoms with Crippen molar-refractivity contribution in [1.29, 1.82) is 0 Å². The van der Waals surface area contributed by atoms with Crippen molar-refractivity contribution in [3.63, 3.8) is 0 Å². The number of piperidine rings is 1. The van der Waals surface area contributed by atoms with E-state index in [1.807, 2.05) is 29.2 Å². The molecular formula is C16H19ClN4OS. The Morgan fingerprint density at radius 1 is 1.35 bits per heavy atom. The lowest BCUT2D eigenvalue weighted by Gasteiger charge is -2.31. The number of aromatic amines is 1. The summed E-state index contributed by atoms with van der Waals surface area (Å²) in [7, 11) is 0. The third-order valence-electron chi connectivity index (χ3n) is 4.11. The summed E-state index contributed by atoms with van der Waals surface area (Å²) in [5, 5.41) is 7.59. The highest BCUT2D eigenvalue weighted by Gasteiger charge is 2.25. The molecule has 0 radical (unpaired) electrons. The van der Waals surface area contributed by atoms with Gasteiger partial charge >= 0.3 is 0 Å². The molecule has 1 aliphatic rings. The van der Waals surface area contributed by atoms with Crippen LogP contribution in [0.3, 0.4) is 0 Å². The highest BCUT2D eigenvalue weighted by Crippen LogP contribution is 2.26. The molecule has 1 aromatic carbocycles. The van der Waals surface area contributed by atoms with Crippen LogP contribution in [0.5, 0.6) is 0 Å². The molecule has 0 spiro atoms. The van der Waals surface area contributed by atoms with E-state index in [2.05, 4.69) is 15.2 Å². The van der Waals surface area contributed by atoms with Crippen LogP contribution in [0.25, 0.3) is 0 Å². The lowest BCUT2D eigenvalue weighted by atomic mass is 9.96. The Balaban J connectivity index is 1.42. The number of hydrogen-bond donors (Lipinski definition) is 1. The van der Waals surface area contributed by atoms with Gasteiger partial charge in [-0.1, -0.05) is 29.8 Å². The number of benzene rings is 1. The smallest absolute Gasteiger partial charge is 0.232 e. The number of aromatic nitrogens is 3. The number of carbonyl (C=O) groups excluding carboxylic acids is 1. The maximum Gasteiger partial charge on any atom is 0.232 e. The number of halogens is 1. The van der Waals surface area contributed by atoms with Crippen LogP contribution in [0.4, 0.5) is 0 Å². The predicted molar refractivity (Wildman–Crippen MR) is 92.6 cm³/mol. The van der Waals surface area contributed by atoms with Gasteiger partial charge in [0, 0.05) is 29.8 Å². The van der Waals surface area contributed by atoms with Gasteiger partial charge in [0.05, 0.1) is 5.75 Å². The van der Waals surface area contributed by atoms with E-state index in [1.54, 1.807) is 11.8 Å². The Hall–Kier alpha value is -1.53. The van der Waals surface area contributed by atoms with Crippen LogP contribution in [-0.2, 0) is 10.5 Å². The van der Waals surface area contributed by atoms with E-state index in [-0.39, 0.29) is 5.91 Å². The van der Waals surface area contributed by atoms with Crippen LogP contribution in [0.1, 0.15) is 30.1 Å². The van der Waals surface area contributed by atoms with Gasteiger partial charge in [-0.3, -0.25) is 9.89 Å². The molecule has 0 aliphatic carbocycles. The molecule has 0 unspecified atom stereocenters. The lowest BCUT2D eigenvalue weighted by Crippen LogP contribution is -2.39. The van der Waals surface area contributed by atoms with Gasteiger partial charge < -0.3 is 4.90 Å². The fourth-order valence-electron chi connectivity index (χ4n) is 2.77. The second-order valence-corrected chi connectivity index (χ2v) is 7.00. The van der Waals surface area contributed by atoms with Crippen molar-refractivity contribution in [1.82, 2.24) is 20.1 Å². The van der Waals surface area contributed by atoms with Gasteiger partial charge in [-0.25, -0.2) is 4.98 Å². The van der Waals surface area contributed by atoms with Gasteiger partial charge in [0.25, 0.3) is 0 Å². The average Bonchev–Trinajstić information content (AvgIpc) is 3.11. The first kappa shape index (κ1) is 16.3. The fourth-order valence-corrected chi connectivity index (χ4v) is 3.98. The molecule has 122 valence electrons. The van der Waals surface area contributed by atoms with Gasteiger partial charge in [-0.2, -0.15) is 5.10 Å². The van der Waals surface area contributed by atoms with Crippen molar-refractivity contribution in [3.8, 4) is 0 Å². The van der Waals surface area contributed by atoms with E-state index in [0.717, 1.165) is 48.1 Å². The molecule has 0 bridgehead atoms. The quantitative estimate of drug-likeness (QED) is 0.900. The minimum absolute atomic E-state index is 0.207. The maximum absolute atomic E-state index is 12.3. The molecule has 1 aromatic heterocycles. The molecule has 0 atom stereocenters. The largest absolute Gasteiger partial charge is 0.342 e. The number of amides is 1. The first-order valence-electron chi connectivity index (χ1n) is 7.68. The van der Waals surface area contributed by atoms with E-state index in [4.69, 9.17) is 11.6 Å². The number of hydrogen-bond acceptors (Lipinski definition) is 4. The summed E-state index contributed by atoms with van der Waals surface area (Å²) in [6.45, 7) is 1.58. The maximum atomic E-state index is 12.3. The third-order valence-corrected chi connectivity index (χ3v) is 5.44. The highest BCUT2D eigenvalue weighted by molar-refractivity contribution is 7.99. The monoisotopic (exact) mass is 350 g/mol. The number of nitrogens with zero attached hydrogens (tertiary/aromatic N) is 3. The van der Waals surface area contributed by atoms with Gasteiger partial charge in [-0.15, -0.1) is 11.8 Å². The van der Waals surface area contributed by atoms with Crippen LogP contribution < -0.4 is 0 Å². The van der Waals surface area contributed by atoms with Crippen molar-refractivity contribution in [3.05, 3.63) is 47.0 Å². The molecule has 2 aromatic rings. The third kappa shape index (κ3) is 4.26. The standard InChI is InChI=1S/C16H19ClN4OS/c17-14-4-2-1-3-13(14)9-23-10-15(22)21-7-5-12(6-8-21)16-18-11-19-20-16/h1-4,11-12H,5-10H2,(H,18,19,20). The Kier molecular flexibility index (Phi) is 5.56. The van der Waals surface area contributed by atoms with Crippen LogP contribution in [0, 0.1) is 0 Å². The summed E-state index contributed by atoms with van der Waals surface area (Å²) in [4.78, 5) is 18.5. The van der Waals surface area contributed by atoms with Crippen LogP contribution in [0.2, 0.25) is 5.02 Å². The number of carbonyl (C=O) groups is 1. The molecule has 1 N–H and O–H groups in total. The summed E-state index contributed by atoms with van der Waals surface area (Å²) in [6.07, 6.45) is 3.42. The second kappa shape index (κ2) is 7.84. The molecular weight excluding hydrogens is 332 g/mol. The number of nitrogens with one attached hydrogen (secondary N) is 1.